The number of aryl methyl sites for hydroxylation is 2. The molecule has 0 aliphatic rings. The average molecular weight is 362 g/mol. The molecule has 1 N–H and O–H groups in total. The molecular weight excluding hydrogens is 340 g/mol. The van der Waals surface area contributed by atoms with Gasteiger partial charge in [-0.2, -0.15) is 0 Å². The van der Waals surface area contributed by atoms with E-state index in [9.17, 15) is 4.79 Å². The van der Waals surface area contributed by atoms with Crippen molar-refractivity contribution in [1.29, 1.82) is 0 Å². The van der Waals surface area contributed by atoms with Crippen LogP contribution in [0.2, 0.25) is 0 Å². The van der Waals surface area contributed by atoms with Crippen LogP contribution in [0.15, 0.2) is 54.6 Å². The Bertz CT molecular complexity index is 969. The predicted molar refractivity (Wildman–Crippen MR) is 107 cm³/mol. The number of hydrogen-bond acceptors (Lipinski definition) is 4. The molecule has 3 aromatic rings. The van der Waals surface area contributed by atoms with Crippen LogP contribution in [-0.4, -0.2) is 25.1 Å². The van der Waals surface area contributed by atoms with Crippen molar-refractivity contribution in [3.8, 4) is 22.8 Å². The topological polar surface area (TPSA) is 60.5 Å². The van der Waals surface area contributed by atoms with Gasteiger partial charge in [-0.15, -0.1) is 0 Å². The first kappa shape index (κ1) is 18.5. The normalized spacial score (nSPS) is 10.4. The molecule has 0 spiro atoms. The minimum Gasteiger partial charge on any atom is -0.493 e. The third-order valence-electron chi connectivity index (χ3n) is 4.38. The number of carbonyl (C=O) groups excluding carboxylic acids is 1. The van der Waals surface area contributed by atoms with Gasteiger partial charge >= 0.3 is 0 Å². The van der Waals surface area contributed by atoms with Crippen LogP contribution in [0.5, 0.6) is 11.5 Å². The number of methoxy groups -OCH3 is 2. The second kappa shape index (κ2) is 7.91. The van der Waals surface area contributed by atoms with Gasteiger partial charge in [-0.1, -0.05) is 30.3 Å². The number of nitrogens with zero attached hydrogens (tertiary/aromatic N) is 1. The molecule has 0 atom stereocenters. The molecule has 0 aliphatic heterocycles. The lowest BCUT2D eigenvalue weighted by atomic mass is 10.1. The molecule has 1 amide bonds. The fourth-order valence-corrected chi connectivity index (χ4v) is 2.88. The number of hydrogen-bond donors (Lipinski definition) is 1. The Hall–Kier alpha value is -3.34. The van der Waals surface area contributed by atoms with Gasteiger partial charge in [-0.05, 0) is 37.6 Å². The van der Waals surface area contributed by atoms with Crippen LogP contribution < -0.4 is 14.8 Å². The van der Waals surface area contributed by atoms with Crippen molar-refractivity contribution in [2.45, 2.75) is 13.8 Å². The van der Waals surface area contributed by atoms with Crippen molar-refractivity contribution in [2.75, 3.05) is 19.5 Å². The minimum atomic E-state index is -0.213. The summed E-state index contributed by atoms with van der Waals surface area (Å²) < 4.78 is 10.6. The Labute approximate surface area is 159 Å². The zero-order valence-electron chi connectivity index (χ0n) is 15.9. The summed E-state index contributed by atoms with van der Waals surface area (Å²) in [6.45, 7) is 3.74. The summed E-state index contributed by atoms with van der Waals surface area (Å²) in [6.07, 6.45) is 0. The first-order chi connectivity index (χ1) is 13.0. The Morgan fingerprint density at radius 1 is 0.926 bits per heavy atom. The second-order valence-corrected chi connectivity index (χ2v) is 6.17. The minimum absolute atomic E-state index is 0.213. The monoisotopic (exact) mass is 362 g/mol. The lowest BCUT2D eigenvalue weighted by molar-refractivity contribution is 0.102. The Kier molecular flexibility index (Phi) is 5.41. The van der Waals surface area contributed by atoms with Crippen molar-refractivity contribution in [3.63, 3.8) is 0 Å². The standard InChI is InChI=1S/C22H22N2O3/c1-14-12-20(26-3)21(27-4)13-19(14)24-22(25)17-10-11-18(23-15(17)2)16-8-6-5-7-9-16/h5-13H,1-4H3,(H,24,25). The molecule has 0 saturated heterocycles. The van der Waals surface area contributed by atoms with E-state index < -0.39 is 0 Å². The molecule has 0 fully saturated rings. The highest BCUT2D eigenvalue weighted by atomic mass is 16.5. The predicted octanol–water partition coefficient (Wildman–Crippen LogP) is 4.63. The maximum Gasteiger partial charge on any atom is 0.257 e. The van der Waals surface area contributed by atoms with E-state index in [0.29, 0.717) is 28.4 Å². The number of aromatic nitrogens is 1. The van der Waals surface area contributed by atoms with Gasteiger partial charge in [0.15, 0.2) is 11.5 Å². The summed E-state index contributed by atoms with van der Waals surface area (Å²) in [5.74, 6) is 0.973. The summed E-state index contributed by atoms with van der Waals surface area (Å²) in [4.78, 5) is 17.3. The van der Waals surface area contributed by atoms with Crippen LogP contribution in [0, 0.1) is 13.8 Å². The number of pyridine rings is 1. The third kappa shape index (κ3) is 3.92. The highest BCUT2D eigenvalue weighted by Gasteiger charge is 2.15. The second-order valence-electron chi connectivity index (χ2n) is 6.17. The van der Waals surface area contributed by atoms with E-state index >= 15 is 0 Å². The molecule has 27 heavy (non-hydrogen) atoms. The van der Waals surface area contributed by atoms with Crippen LogP contribution in [0.4, 0.5) is 5.69 Å². The fourth-order valence-electron chi connectivity index (χ4n) is 2.88. The summed E-state index contributed by atoms with van der Waals surface area (Å²) in [5.41, 5.74) is 4.61. The molecule has 0 bridgehead atoms. The van der Waals surface area contributed by atoms with Crippen molar-refractivity contribution in [2.24, 2.45) is 0 Å². The van der Waals surface area contributed by atoms with Gasteiger partial charge in [0.2, 0.25) is 0 Å². The highest BCUT2D eigenvalue weighted by molar-refractivity contribution is 6.05. The molecule has 1 aromatic heterocycles. The molecule has 2 aromatic carbocycles. The Balaban J connectivity index is 1.87. The van der Waals surface area contributed by atoms with Crippen molar-refractivity contribution in [3.05, 3.63) is 71.4 Å². The van der Waals surface area contributed by atoms with Crippen LogP contribution in [0.3, 0.4) is 0 Å². The van der Waals surface area contributed by atoms with E-state index in [-0.39, 0.29) is 5.91 Å². The number of rotatable bonds is 5. The van der Waals surface area contributed by atoms with Crippen molar-refractivity contribution < 1.29 is 14.3 Å². The number of benzene rings is 2. The number of amides is 1. The summed E-state index contributed by atoms with van der Waals surface area (Å²) >= 11 is 0. The quantitative estimate of drug-likeness (QED) is 0.718. The molecule has 138 valence electrons. The Morgan fingerprint density at radius 3 is 2.22 bits per heavy atom. The Morgan fingerprint density at radius 2 is 1.59 bits per heavy atom. The number of anilines is 1. The van der Waals surface area contributed by atoms with Crippen molar-refractivity contribution >= 4 is 11.6 Å². The molecule has 1 heterocycles. The summed E-state index contributed by atoms with van der Waals surface area (Å²) in [6, 6.07) is 17.1. The molecular formula is C22H22N2O3. The first-order valence-corrected chi connectivity index (χ1v) is 8.60. The molecule has 5 nitrogen and oxygen atoms in total. The van der Waals surface area contributed by atoms with Crippen LogP contribution in [0.25, 0.3) is 11.3 Å². The summed E-state index contributed by atoms with van der Waals surface area (Å²) in [7, 11) is 3.15. The molecule has 3 rings (SSSR count). The largest absolute Gasteiger partial charge is 0.493 e. The van der Waals surface area contributed by atoms with Gasteiger partial charge in [0, 0.05) is 17.3 Å². The molecule has 0 unspecified atom stereocenters. The van der Waals surface area contributed by atoms with E-state index in [1.165, 1.54) is 0 Å². The zero-order chi connectivity index (χ0) is 19.4. The zero-order valence-corrected chi connectivity index (χ0v) is 15.9. The smallest absolute Gasteiger partial charge is 0.257 e. The van der Waals surface area contributed by atoms with E-state index in [0.717, 1.165) is 16.8 Å². The lowest BCUT2D eigenvalue weighted by Gasteiger charge is -2.14. The number of ether oxygens (including phenoxy) is 2. The van der Waals surface area contributed by atoms with E-state index in [2.05, 4.69) is 10.3 Å². The van der Waals surface area contributed by atoms with E-state index in [4.69, 9.17) is 9.47 Å². The van der Waals surface area contributed by atoms with Gasteiger partial charge < -0.3 is 14.8 Å². The molecule has 0 aliphatic carbocycles. The average Bonchev–Trinajstić information content (AvgIpc) is 2.69. The number of carbonyl (C=O) groups is 1. The molecule has 5 heteroatoms. The molecule has 0 radical (unpaired) electrons. The van der Waals surface area contributed by atoms with Crippen molar-refractivity contribution in [1.82, 2.24) is 4.98 Å². The first-order valence-electron chi connectivity index (χ1n) is 8.60. The van der Waals surface area contributed by atoms with E-state index in [1.807, 2.05) is 56.3 Å². The van der Waals surface area contributed by atoms with Gasteiger partial charge in [-0.3, -0.25) is 9.78 Å². The lowest BCUT2D eigenvalue weighted by Crippen LogP contribution is -2.15. The molecule has 0 saturated carbocycles. The van der Waals surface area contributed by atoms with Gasteiger partial charge in [0.1, 0.15) is 0 Å². The van der Waals surface area contributed by atoms with Gasteiger partial charge in [0.25, 0.3) is 5.91 Å². The van der Waals surface area contributed by atoms with Crippen LogP contribution >= 0.6 is 0 Å². The third-order valence-corrected chi connectivity index (χ3v) is 4.38. The maximum atomic E-state index is 12.8. The highest BCUT2D eigenvalue weighted by Crippen LogP contribution is 2.33. The SMILES string of the molecule is COc1cc(C)c(NC(=O)c2ccc(-c3ccccc3)nc2C)cc1OC. The fraction of sp³-hybridized carbons (Fsp3) is 0.182. The van der Waals surface area contributed by atoms with Crippen LogP contribution in [-0.2, 0) is 0 Å². The summed E-state index contributed by atoms with van der Waals surface area (Å²) in [5, 5.41) is 2.94. The number of nitrogens with one attached hydrogen (secondary N) is 1. The van der Waals surface area contributed by atoms with Gasteiger partial charge in [0.05, 0.1) is 31.2 Å². The van der Waals surface area contributed by atoms with E-state index in [1.54, 1.807) is 26.4 Å². The van der Waals surface area contributed by atoms with Crippen LogP contribution in [0.1, 0.15) is 21.6 Å². The maximum absolute atomic E-state index is 12.8. The van der Waals surface area contributed by atoms with Gasteiger partial charge in [-0.25, -0.2) is 0 Å².